The van der Waals surface area contributed by atoms with Crippen LogP contribution in [0.5, 0.6) is 0 Å². The molecule has 2 aromatic rings. The van der Waals surface area contributed by atoms with E-state index in [-0.39, 0.29) is 17.3 Å². The number of thiazole rings is 1. The molecule has 2 heterocycles. The molecule has 0 saturated carbocycles. The normalized spacial score (nSPS) is 10.2. The van der Waals surface area contributed by atoms with Gasteiger partial charge in [0, 0.05) is 24.5 Å². The average molecular weight is 292 g/mol. The molecule has 104 valence electrons. The number of carbonyl (C=O) groups is 2. The molecule has 0 aliphatic heterocycles. The van der Waals surface area contributed by atoms with Gasteiger partial charge in [-0.05, 0) is 6.92 Å². The van der Waals surface area contributed by atoms with Crippen LogP contribution in [0.3, 0.4) is 0 Å². The van der Waals surface area contributed by atoms with Crippen molar-refractivity contribution in [3.63, 3.8) is 0 Å². The van der Waals surface area contributed by atoms with Crippen molar-refractivity contribution in [2.75, 3.05) is 6.54 Å². The number of carboxylic acid groups (broad SMARTS) is 1. The second-order valence-electron chi connectivity index (χ2n) is 3.98. The number of hydrogen-bond acceptors (Lipinski definition) is 6. The van der Waals surface area contributed by atoms with E-state index < -0.39 is 5.97 Å². The Labute approximate surface area is 118 Å². The maximum atomic E-state index is 11.7. The number of aromatic carboxylic acids is 1. The van der Waals surface area contributed by atoms with E-state index in [9.17, 15) is 9.59 Å². The minimum atomic E-state index is -1.05. The van der Waals surface area contributed by atoms with Crippen LogP contribution in [0.4, 0.5) is 0 Å². The van der Waals surface area contributed by atoms with Crippen LogP contribution in [0.15, 0.2) is 17.8 Å². The number of nitrogens with one attached hydrogen (secondary N) is 1. The number of aromatic nitrogens is 3. The summed E-state index contributed by atoms with van der Waals surface area (Å²) in [5.74, 6) is -1.36. The minimum absolute atomic E-state index is 0.0285. The Balaban J connectivity index is 1.84. The summed E-state index contributed by atoms with van der Waals surface area (Å²) >= 11 is 1.26. The van der Waals surface area contributed by atoms with Gasteiger partial charge in [-0.25, -0.2) is 14.8 Å². The second-order valence-corrected chi connectivity index (χ2v) is 4.92. The third-order valence-electron chi connectivity index (χ3n) is 2.41. The topological polar surface area (TPSA) is 105 Å². The molecule has 1 amide bonds. The lowest BCUT2D eigenvalue weighted by atomic mass is 10.3. The molecule has 0 atom stereocenters. The van der Waals surface area contributed by atoms with Crippen LogP contribution >= 0.6 is 11.3 Å². The molecule has 0 aromatic carbocycles. The summed E-state index contributed by atoms with van der Waals surface area (Å²) in [7, 11) is 0. The Kier molecular flexibility index (Phi) is 4.36. The van der Waals surface area contributed by atoms with Crippen LogP contribution in [-0.4, -0.2) is 38.5 Å². The summed E-state index contributed by atoms with van der Waals surface area (Å²) < 4.78 is 0. The second kappa shape index (κ2) is 6.20. The summed E-state index contributed by atoms with van der Waals surface area (Å²) in [6.45, 7) is 2.15. The molecule has 0 fully saturated rings. The molecule has 2 aromatic heterocycles. The van der Waals surface area contributed by atoms with Crippen LogP contribution < -0.4 is 5.32 Å². The fourth-order valence-corrected chi connectivity index (χ4v) is 2.18. The van der Waals surface area contributed by atoms with Crippen molar-refractivity contribution in [1.82, 2.24) is 20.3 Å². The lowest BCUT2D eigenvalue weighted by molar-refractivity contribution is 0.0690. The molecule has 0 spiro atoms. The molecule has 0 unspecified atom stereocenters. The molecule has 2 rings (SSSR count). The largest absolute Gasteiger partial charge is 0.476 e. The first-order chi connectivity index (χ1) is 9.56. The molecule has 0 aliphatic rings. The summed E-state index contributed by atoms with van der Waals surface area (Å²) in [5.41, 5.74) is 1.02. The SMILES string of the molecule is Cc1cnc(C(=O)NCCc2nc(C(=O)O)cs2)cn1. The summed E-state index contributed by atoms with van der Waals surface area (Å²) in [6.07, 6.45) is 3.41. The zero-order valence-electron chi connectivity index (χ0n) is 10.7. The van der Waals surface area contributed by atoms with Gasteiger partial charge in [0.05, 0.1) is 16.9 Å². The van der Waals surface area contributed by atoms with Crippen LogP contribution in [0.1, 0.15) is 31.7 Å². The van der Waals surface area contributed by atoms with Crippen molar-refractivity contribution in [1.29, 1.82) is 0 Å². The maximum absolute atomic E-state index is 11.7. The van der Waals surface area contributed by atoms with E-state index in [0.717, 1.165) is 5.69 Å². The van der Waals surface area contributed by atoms with Crippen molar-refractivity contribution < 1.29 is 14.7 Å². The summed E-state index contributed by atoms with van der Waals surface area (Å²) in [5, 5.41) is 13.6. The van der Waals surface area contributed by atoms with E-state index in [1.165, 1.54) is 29.1 Å². The average Bonchev–Trinajstić information content (AvgIpc) is 2.88. The Bertz CT molecular complexity index is 624. The maximum Gasteiger partial charge on any atom is 0.355 e. The summed E-state index contributed by atoms with van der Waals surface area (Å²) in [6, 6.07) is 0. The van der Waals surface area contributed by atoms with Gasteiger partial charge in [-0.15, -0.1) is 11.3 Å². The molecular formula is C12H12N4O3S. The van der Waals surface area contributed by atoms with Crippen molar-refractivity contribution in [3.05, 3.63) is 39.9 Å². The first kappa shape index (κ1) is 14.1. The highest BCUT2D eigenvalue weighted by molar-refractivity contribution is 7.09. The Hall–Kier alpha value is -2.35. The molecule has 8 heteroatoms. The van der Waals surface area contributed by atoms with Crippen molar-refractivity contribution in [2.24, 2.45) is 0 Å². The van der Waals surface area contributed by atoms with Gasteiger partial charge in [0.15, 0.2) is 5.69 Å². The van der Waals surface area contributed by atoms with Gasteiger partial charge in [-0.2, -0.15) is 0 Å². The highest BCUT2D eigenvalue weighted by Gasteiger charge is 2.10. The van der Waals surface area contributed by atoms with Crippen LogP contribution in [-0.2, 0) is 6.42 Å². The Morgan fingerprint density at radius 3 is 2.70 bits per heavy atom. The zero-order valence-corrected chi connectivity index (χ0v) is 11.5. The number of rotatable bonds is 5. The van der Waals surface area contributed by atoms with E-state index in [1.807, 2.05) is 0 Å². The fraction of sp³-hybridized carbons (Fsp3) is 0.250. The van der Waals surface area contributed by atoms with E-state index in [0.29, 0.717) is 18.0 Å². The molecule has 0 radical (unpaired) electrons. The molecule has 20 heavy (non-hydrogen) atoms. The highest BCUT2D eigenvalue weighted by Crippen LogP contribution is 2.09. The molecule has 7 nitrogen and oxygen atoms in total. The number of nitrogens with zero attached hydrogens (tertiary/aromatic N) is 3. The van der Waals surface area contributed by atoms with Gasteiger partial charge in [0.1, 0.15) is 5.69 Å². The van der Waals surface area contributed by atoms with E-state index >= 15 is 0 Å². The number of hydrogen-bond donors (Lipinski definition) is 2. The quantitative estimate of drug-likeness (QED) is 0.848. The van der Waals surface area contributed by atoms with Crippen molar-refractivity contribution in [3.8, 4) is 0 Å². The van der Waals surface area contributed by atoms with Gasteiger partial charge in [-0.3, -0.25) is 9.78 Å². The van der Waals surface area contributed by atoms with Gasteiger partial charge in [-0.1, -0.05) is 0 Å². The van der Waals surface area contributed by atoms with Crippen LogP contribution in [0.2, 0.25) is 0 Å². The third-order valence-corrected chi connectivity index (χ3v) is 3.32. The molecule has 2 N–H and O–H groups in total. The van der Waals surface area contributed by atoms with E-state index in [2.05, 4.69) is 20.3 Å². The molecule has 0 aliphatic carbocycles. The summed E-state index contributed by atoms with van der Waals surface area (Å²) in [4.78, 5) is 34.3. The standard InChI is InChI=1S/C12H12N4O3S/c1-7-4-15-8(5-14-7)11(17)13-3-2-10-16-9(6-20-10)12(18)19/h4-6H,2-3H2,1H3,(H,13,17)(H,18,19). The van der Waals surface area contributed by atoms with Gasteiger partial charge in [0.2, 0.25) is 0 Å². The smallest absolute Gasteiger partial charge is 0.355 e. The van der Waals surface area contributed by atoms with E-state index in [1.54, 1.807) is 6.92 Å². The van der Waals surface area contributed by atoms with Crippen molar-refractivity contribution in [2.45, 2.75) is 13.3 Å². The first-order valence-corrected chi connectivity index (χ1v) is 6.69. The Morgan fingerprint density at radius 2 is 2.10 bits per heavy atom. The van der Waals surface area contributed by atoms with Gasteiger partial charge < -0.3 is 10.4 Å². The molecular weight excluding hydrogens is 280 g/mol. The molecule has 0 saturated heterocycles. The lowest BCUT2D eigenvalue weighted by Gasteiger charge is -2.02. The predicted molar refractivity (Wildman–Crippen MR) is 71.9 cm³/mol. The lowest BCUT2D eigenvalue weighted by Crippen LogP contribution is -2.26. The number of carboxylic acids is 1. The number of carbonyl (C=O) groups excluding carboxylic acids is 1. The fourth-order valence-electron chi connectivity index (χ4n) is 1.41. The van der Waals surface area contributed by atoms with Gasteiger partial charge in [0.25, 0.3) is 5.91 Å². The Morgan fingerprint density at radius 1 is 1.30 bits per heavy atom. The third kappa shape index (κ3) is 3.58. The van der Waals surface area contributed by atoms with Crippen molar-refractivity contribution >= 4 is 23.2 Å². The zero-order chi connectivity index (χ0) is 14.5. The van der Waals surface area contributed by atoms with E-state index in [4.69, 9.17) is 5.11 Å². The monoisotopic (exact) mass is 292 g/mol. The number of aryl methyl sites for hydroxylation is 1. The molecule has 0 bridgehead atoms. The first-order valence-electron chi connectivity index (χ1n) is 5.81. The van der Waals surface area contributed by atoms with Crippen LogP contribution in [0.25, 0.3) is 0 Å². The van der Waals surface area contributed by atoms with Crippen LogP contribution in [0, 0.1) is 6.92 Å². The highest BCUT2D eigenvalue weighted by atomic mass is 32.1. The number of amides is 1. The predicted octanol–water partition coefficient (Wildman–Crippen LogP) is 0.912. The minimum Gasteiger partial charge on any atom is -0.476 e. The van der Waals surface area contributed by atoms with Gasteiger partial charge >= 0.3 is 5.97 Å².